The maximum absolute atomic E-state index is 13.5. The molecule has 0 bridgehead atoms. The lowest BCUT2D eigenvalue weighted by Gasteiger charge is -2.11. The van der Waals surface area contributed by atoms with E-state index in [4.69, 9.17) is 4.74 Å². The Morgan fingerprint density at radius 3 is 1.55 bits per heavy atom. The van der Waals surface area contributed by atoms with Crippen molar-refractivity contribution in [3.8, 4) is 11.5 Å². The number of hydrogen-bond donors (Lipinski definition) is 0. The highest BCUT2D eigenvalue weighted by atomic mass is 127. The first-order chi connectivity index (χ1) is 14.1. The van der Waals surface area contributed by atoms with E-state index in [-0.39, 0.29) is 16.7 Å². The zero-order valence-electron chi connectivity index (χ0n) is 15.2. The van der Waals surface area contributed by atoms with E-state index in [2.05, 4.69) is 106 Å². The first-order valence-electron chi connectivity index (χ1n) is 8.89. The van der Waals surface area contributed by atoms with Crippen molar-refractivity contribution in [3.63, 3.8) is 0 Å². The van der Waals surface area contributed by atoms with Gasteiger partial charge in [0, 0.05) is 0 Å². The monoisotopic (exact) mass is 625 g/mol. The van der Waals surface area contributed by atoms with E-state index in [1.165, 1.54) is 26.8 Å². The molecule has 0 heterocycles. The maximum Gasteiger partial charge on any atom is 0.166 e. The van der Waals surface area contributed by atoms with E-state index in [0.717, 1.165) is 12.9 Å². The third-order valence-electron chi connectivity index (χ3n) is 4.20. The molecule has 0 amide bonds. The second-order valence-electron chi connectivity index (χ2n) is 6.20. The third-order valence-corrected chi connectivity index (χ3v) is 8.03. The molecule has 144 valence electrons. The number of benzene rings is 4. The lowest BCUT2D eigenvalue weighted by Crippen LogP contribution is -2.04. The molecular formula is C24H16FI2OS+. The van der Waals surface area contributed by atoms with Crippen molar-refractivity contribution in [2.45, 2.75) is 14.7 Å². The van der Waals surface area contributed by atoms with Crippen LogP contribution in [0.3, 0.4) is 0 Å². The molecule has 0 aliphatic heterocycles. The van der Waals surface area contributed by atoms with Crippen molar-refractivity contribution in [1.82, 2.24) is 0 Å². The minimum Gasteiger partial charge on any atom is -0.455 e. The van der Waals surface area contributed by atoms with Gasteiger partial charge in [-0.2, -0.15) is 0 Å². The van der Waals surface area contributed by atoms with Gasteiger partial charge in [0.15, 0.2) is 20.4 Å². The summed E-state index contributed by atoms with van der Waals surface area (Å²) < 4.78 is 21.1. The fraction of sp³-hybridized carbons (Fsp3) is 0. The predicted molar refractivity (Wildman–Crippen MR) is 133 cm³/mol. The van der Waals surface area contributed by atoms with Gasteiger partial charge in [-0.25, -0.2) is 4.39 Å². The average molecular weight is 625 g/mol. The molecule has 1 nitrogen and oxygen atoms in total. The summed E-state index contributed by atoms with van der Waals surface area (Å²) in [6, 6.07) is 32.2. The molecule has 0 saturated heterocycles. The topological polar surface area (TPSA) is 9.23 Å². The van der Waals surface area contributed by atoms with Crippen molar-refractivity contribution in [2.24, 2.45) is 0 Å². The van der Waals surface area contributed by atoms with E-state index in [1.54, 1.807) is 0 Å². The van der Waals surface area contributed by atoms with Crippen molar-refractivity contribution in [3.05, 3.63) is 110 Å². The van der Waals surface area contributed by atoms with Crippen LogP contribution in [0, 0.1) is 13.0 Å². The molecule has 5 heteroatoms. The first-order valence-corrected chi connectivity index (χ1v) is 12.3. The molecule has 0 saturated carbocycles. The standard InChI is InChI=1S/C24H16FI2OS/c25-17-15-22(26)24(23(27)16-17)28-18-11-13-21(14-12-18)29(19-7-3-1-4-8-19)20-9-5-2-6-10-20/h1-16H/q+1. The minimum absolute atomic E-state index is 0.189. The van der Waals surface area contributed by atoms with Gasteiger partial charge in [-0.15, -0.1) is 0 Å². The van der Waals surface area contributed by atoms with Crippen molar-refractivity contribution in [1.29, 1.82) is 0 Å². The zero-order valence-corrected chi connectivity index (χ0v) is 20.3. The van der Waals surface area contributed by atoms with Crippen LogP contribution in [-0.4, -0.2) is 0 Å². The largest absolute Gasteiger partial charge is 0.455 e. The highest BCUT2D eigenvalue weighted by molar-refractivity contribution is 14.1. The van der Waals surface area contributed by atoms with Gasteiger partial charge in [-0.3, -0.25) is 0 Å². The van der Waals surface area contributed by atoms with E-state index in [1.807, 2.05) is 24.3 Å². The van der Waals surface area contributed by atoms with Crippen LogP contribution < -0.4 is 4.74 Å². The van der Waals surface area contributed by atoms with Gasteiger partial charge < -0.3 is 4.74 Å². The fourth-order valence-electron chi connectivity index (χ4n) is 2.91. The van der Waals surface area contributed by atoms with Gasteiger partial charge in [0.1, 0.15) is 11.6 Å². The Labute approximate surface area is 199 Å². The van der Waals surface area contributed by atoms with Crippen LogP contribution in [0.5, 0.6) is 11.5 Å². The molecule has 4 aromatic carbocycles. The molecule has 29 heavy (non-hydrogen) atoms. The van der Waals surface area contributed by atoms with Crippen LogP contribution in [0.2, 0.25) is 0 Å². The predicted octanol–water partition coefficient (Wildman–Crippen LogP) is 7.92. The van der Waals surface area contributed by atoms with Gasteiger partial charge in [0.05, 0.1) is 18.0 Å². The summed E-state index contributed by atoms with van der Waals surface area (Å²) in [4.78, 5) is 3.77. The number of halogens is 3. The Balaban J connectivity index is 1.67. The summed E-state index contributed by atoms with van der Waals surface area (Å²) in [6.45, 7) is 0. The smallest absolute Gasteiger partial charge is 0.166 e. The molecule has 0 unspecified atom stereocenters. The Kier molecular flexibility index (Phi) is 6.77. The summed E-state index contributed by atoms with van der Waals surface area (Å²) in [5, 5.41) is 0. The molecule has 0 fully saturated rings. The van der Waals surface area contributed by atoms with E-state index < -0.39 is 0 Å². The zero-order chi connectivity index (χ0) is 20.2. The fourth-order valence-corrected chi connectivity index (χ4v) is 6.91. The molecule has 0 aliphatic carbocycles. The quantitative estimate of drug-likeness (QED) is 0.162. The van der Waals surface area contributed by atoms with Crippen LogP contribution in [-0.2, 0) is 10.9 Å². The molecule has 0 spiro atoms. The Bertz CT molecular complexity index is 1040. The second-order valence-corrected chi connectivity index (χ2v) is 10.6. The van der Waals surface area contributed by atoms with Crippen molar-refractivity contribution >= 4 is 56.1 Å². The van der Waals surface area contributed by atoms with Gasteiger partial charge >= 0.3 is 0 Å². The maximum atomic E-state index is 13.5. The van der Waals surface area contributed by atoms with E-state index >= 15 is 0 Å². The number of rotatable bonds is 5. The lowest BCUT2D eigenvalue weighted by molar-refractivity contribution is 0.472. The van der Waals surface area contributed by atoms with Crippen LogP contribution in [0.1, 0.15) is 0 Å². The lowest BCUT2D eigenvalue weighted by atomic mass is 10.3. The van der Waals surface area contributed by atoms with Gasteiger partial charge in [0.25, 0.3) is 0 Å². The number of hydrogen-bond acceptors (Lipinski definition) is 1. The van der Waals surface area contributed by atoms with Crippen LogP contribution >= 0.6 is 45.2 Å². The summed E-state index contributed by atoms with van der Waals surface area (Å²) in [5.41, 5.74) is 0. The van der Waals surface area contributed by atoms with Crippen LogP contribution in [0.25, 0.3) is 0 Å². The van der Waals surface area contributed by atoms with Crippen LogP contribution in [0.15, 0.2) is 112 Å². The molecule has 0 radical (unpaired) electrons. The first kappa shape index (κ1) is 20.7. The normalized spacial score (nSPS) is 10.9. The molecule has 0 N–H and O–H groups in total. The Morgan fingerprint density at radius 2 is 1.07 bits per heavy atom. The van der Waals surface area contributed by atoms with E-state index in [9.17, 15) is 4.39 Å². The third kappa shape index (κ3) is 4.95. The van der Waals surface area contributed by atoms with Crippen molar-refractivity contribution in [2.75, 3.05) is 0 Å². The Hall–Kier alpha value is -1.58. The SMILES string of the molecule is Fc1cc(I)c(Oc2ccc([S+](c3ccccc3)c3ccccc3)cc2)c(I)c1. The molecule has 0 aliphatic rings. The molecule has 4 rings (SSSR count). The van der Waals surface area contributed by atoms with Crippen molar-refractivity contribution < 1.29 is 9.13 Å². The van der Waals surface area contributed by atoms with Crippen LogP contribution in [0.4, 0.5) is 4.39 Å². The summed E-state index contributed by atoms with van der Waals surface area (Å²) in [7, 11) is -0.189. The van der Waals surface area contributed by atoms with E-state index in [0.29, 0.717) is 5.75 Å². The highest BCUT2D eigenvalue weighted by Crippen LogP contribution is 2.35. The minimum atomic E-state index is -0.253. The highest BCUT2D eigenvalue weighted by Gasteiger charge is 2.28. The summed E-state index contributed by atoms with van der Waals surface area (Å²) in [6.07, 6.45) is 0. The average Bonchev–Trinajstić information content (AvgIpc) is 2.73. The molecule has 0 atom stereocenters. The summed E-state index contributed by atoms with van der Waals surface area (Å²) in [5.74, 6) is 1.17. The second kappa shape index (κ2) is 9.49. The molecule has 0 aromatic heterocycles. The van der Waals surface area contributed by atoms with Gasteiger partial charge in [0.2, 0.25) is 0 Å². The Morgan fingerprint density at radius 1 is 0.621 bits per heavy atom. The molecule has 4 aromatic rings. The van der Waals surface area contributed by atoms with Gasteiger partial charge in [-0.1, -0.05) is 36.4 Å². The molecular weight excluding hydrogens is 609 g/mol. The summed E-state index contributed by atoms with van der Waals surface area (Å²) >= 11 is 4.21. The van der Waals surface area contributed by atoms with Gasteiger partial charge in [-0.05, 0) is 106 Å². The number of ether oxygens (including phenoxy) is 1.